The number of hydrogen-bond donors (Lipinski definition) is 2. The molecular formula is C13H19BrNO2+. The molecule has 94 valence electrons. The molecule has 0 radical (unpaired) electrons. The summed E-state index contributed by atoms with van der Waals surface area (Å²) in [7, 11) is 1.67. The van der Waals surface area contributed by atoms with Gasteiger partial charge >= 0.3 is 0 Å². The van der Waals surface area contributed by atoms with E-state index >= 15 is 0 Å². The van der Waals surface area contributed by atoms with Crippen molar-refractivity contribution in [1.82, 2.24) is 0 Å². The minimum Gasteiger partial charge on any atom is -0.496 e. The molecule has 0 spiro atoms. The molecule has 1 fully saturated rings. The van der Waals surface area contributed by atoms with Crippen molar-refractivity contribution in [3.05, 3.63) is 28.2 Å². The highest BCUT2D eigenvalue weighted by Gasteiger charge is 2.21. The van der Waals surface area contributed by atoms with Gasteiger partial charge in [-0.2, -0.15) is 0 Å². The van der Waals surface area contributed by atoms with E-state index in [0.717, 1.165) is 42.7 Å². The topological polar surface area (TPSA) is 33.9 Å². The molecule has 0 aliphatic carbocycles. The third kappa shape index (κ3) is 3.44. The highest BCUT2D eigenvalue weighted by atomic mass is 79.9. The Morgan fingerprint density at radius 2 is 2.35 bits per heavy atom. The molecule has 17 heavy (non-hydrogen) atoms. The molecule has 1 aromatic rings. The number of halogens is 1. The molecule has 1 saturated heterocycles. The van der Waals surface area contributed by atoms with Gasteiger partial charge in [0.05, 0.1) is 18.1 Å². The zero-order valence-electron chi connectivity index (χ0n) is 10.1. The number of hydrogen-bond acceptors (Lipinski definition) is 2. The number of aliphatic hydroxyl groups excluding tert-OH is 1. The van der Waals surface area contributed by atoms with E-state index in [4.69, 9.17) is 4.74 Å². The third-order valence-corrected chi connectivity index (χ3v) is 3.88. The lowest BCUT2D eigenvalue weighted by molar-refractivity contribution is -0.921. The molecule has 4 heteroatoms. The Bertz CT molecular complexity index is 384. The van der Waals surface area contributed by atoms with Gasteiger partial charge in [0.15, 0.2) is 0 Å². The van der Waals surface area contributed by atoms with Gasteiger partial charge in [0.2, 0.25) is 0 Å². The van der Waals surface area contributed by atoms with Gasteiger partial charge in [-0.05, 0) is 47.0 Å². The number of likely N-dealkylation sites (tertiary alicyclic amines) is 1. The van der Waals surface area contributed by atoms with Crippen LogP contribution in [0, 0.1) is 0 Å². The van der Waals surface area contributed by atoms with E-state index in [1.807, 2.05) is 6.07 Å². The van der Waals surface area contributed by atoms with Crippen LogP contribution in [0.1, 0.15) is 18.4 Å². The Balaban J connectivity index is 2.00. The largest absolute Gasteiger partial charge is 0.496 e. The fourth-order valence-electron chi connectivity index (χ4n) is 2.39. The average molecular weight is 301 g/mol. The molecular weight excluding hydrogens is 282 g/mol. The van der Waals surface area contributed by atoms with Crippen molar-refractivity contribution in [2.75, 3.05) is 20.2 Å². The molecule has 3 nitrogen and oxygen atoms in total. The number of nitrogens with one attached hydrogen (secondary N) is 1. The first-order valence-electron chi connectivity index (χ1n) is 6.03. The highest BCUT2D eigenvalue weighted by molar-refractivity contribution is 9.10. The van der Waals surface area contributed by atoms with E-state index in [2.05, 4.69) is 28.1 Å². The summed E-state index contributed by atoms with van der Waals surface area (Å²) >= 11 is 3.50. The van der Waals surface area contributed by atoms with Gasteiger partial charge in [0, 0.05) is 5.56 Å². The van der Waals surface area contributed by atoms with E-state index in [-0.39, 0.29) is 6.10 Å². The fraction of sp³-hybridized carbons (Fsp3) is 0.538. The monoisotopic (exact) mass is 300 g/mol. The van der Waals surface area contributed by atoms with Gasteiger partial charge < -0.3 is 14.7 Å². The number of aliphatic hydroxyl groups is 1. The number of benzene rings is 1. The quantitative estimate of drug-likeness (QED) is 0.873. The molecule has 1 unspecified atom stereocenters. The molecule has 1 aromatic carbocycles. The van der Waals surface area contributed by atoms with Crippen molar-refractivity contribution in [2.24, 2.45) is 0 Å². The molecule has 2 N–H and O–H groups in total. The lowest BCUT2D eigenvalue weighted by atomic mass is 10.1. The van der Waals surface area contributed by atoms with Crippen molar-refractivity contribution in [3.8, 4) is 5.75 Å². The lowest BCUT2D eigenvalue weighted by Crippen LogP contribution is -3.12. The number of quaternary nitrogens is 1. The van der Waals surface area contributed by atoms with Crippen LogP contribution in [0.25, 0.3) is 0 Å². The van der Waals surface area contributed by atoms with Gasteiger partial charge in [-0.15, -0.1) is 0 Å². The van der Waals surface area contributed by atoms with Crippen LogP contribution in [0.15, 0.2) is 22.7 Å². The molecule has 2 atom stereocenters. The van der Waals surface area contributed by atoms with Crippen molar-refractivity contribution < 1.29 is 14.7 Å². The first kappa shape index (κ1) is 12.9. The maximum Gasteiger partial charge on any atom is 0.133 e. The van der Waals surface area contributed by atoms with Crippen LogP contribution in [0.5, 0.6) is 5.75 Å². The smallest absolute Gasteiger partial charge is 0.133 e. The lowest BCUT2D eigenvalue weighted by Gasteiger charge is -2.27. The van der Waals surface area contributed by atoms with Crippen LogP contribution >= 0.6 is 15.9 Å². The first-order valence-corrected chi connectivity index (χ1v) is 6.82. The Morgan fingerprint density at radius 3 is 3.00 bits per heavy atom. The van der Waals surface area contributed by atoms with Gasteiger partial charge in [-0.25, -0.2) is 0 Å². The standard InChI is InChI=1S/C13H18BrNO2/c1-17-13-5-4-10(7-12(13)14)8-15-6-2-3-11(16)9-15/h4-5,7,11,16H,2-3,6,8-9H2,1H3/p+1/t11-/m1/s1. The maximum atomic E-state index is 9.64. The second-order valence-corrected chi connectivity index (χ2v) is 5.50. The van der Waals surface area contributed by atoms with E-state index in [1.54, 1.807) is 7.11 Å². The van der Waals surface area contributed by atoms with Crippen molar-refractivity contribution in [3.63, 3.8) is 0 Å². The third-order valence-electron chi connectivity index (χ3n) is 3.26. The van der Waals surface area contributed by atoms with Crippen molar-refractivity contribution >= 4 is 15.9 Å². The zero-order valence-corrected chi connectivity index (χ0v) is 11.7. The summed E-state index contributed by atoms with van der Waals surface area (Å²) in [5.74, 6) is 0.863. The van der Waals surface area contributed by atoms with E-state index in [0.29, 0.717) is 0 Å². The maximum absolute atomic E-state index is 9.64. The van der Waals surface area contributed by atoms with Crippen LogP contribution in [0.3, 0.4) is 0 Å². The van der Waals surface area contributed by atoms with Crippen LogP contribution in [0.2, 0.25) is 0 Å². The van der Waals surface area contributed by atoms with E-state index in [1.165, 1.54) is 10.5 Å². The Labute approximate surface area is 111 Å². The Hall–Kier alpha value is -0.580. The Morgan fingerprint density at radius 1 is 1.53 bits per heavy atom. The van der Waals surface area contributed by atoms with Gasteiger partial charge in [0.25, 0.3) is 0 Å². The van der Waals surface area contributed by atoms with E-state index in [9.17, 15) is 5.11 Å². The molecule has 1 aliphatic heterocycles. The average Bonchev–Trinajstić information content (AvgIpc) is 2.29. The molecule has 1 aliphatic rings. The summed E-state index contributed by atoms with van der Waals surface area (Å²) in [5.41, 5.74) is 1.28. The number of ether oxygens (including phenoxy) is 1. The second-order valence-electron chi connectivity index (χ2n) is 4.65. The van der Waals surface area contributed by atoms with E-state index < -0.39 is 0 Å². The number of methoxy groups -OCH3 is 1. The molecule has 0 saturated carbocycles. The van der Waals surface area contributed by atoms with Crippen molar-refractivity contribution in [2.45, 2.75) is 25.5 Å². The number of piperidine rings is 1. The predicted molar refractivity (Wildman–Crippen MR) is 70.3 cm³/mol. The van der Waals surface area contributed by atoms with Gasteiger partial charge in [-0.1, -0.05) is 0 Å². The Kier molecular flexibility index (Phi) is 4.42. The normalized spacial score (nSPS) is 24.6. The van der Waals surface area contributed by atoms with Crippen LogP contribution < -0.4 is 9.64 Å². The molecule has 0 aromatic heterocycles. The van der Waals surface area contributed by atoms with Gasteiger partial charge in [-0.3, -0.25) is 0 Å². The summed E-state index contributed by atoms with van der Waals surface area (Å²) in [4.78, 5) is 1.46. The molecule has 1 heterocycles. The summed E-state index contributed by atoms with van der Waals surface area (Å²) in [6, 6.07) is 6.18. The van der Waals surface area contributed by atoms with Crippen LogP contribution in [-0.4, -0.2) is 31.4 Å². The summed E-state index contributed by atoms with van der Waals surface area (Å²) in [5, 5.41) is 9.64. The first-order chi connectivity index (χ1) is 8.19. The van der Waals surface area contributed by atoms with Crippen LogP contribution in [-0.2, 0) is 6.54 Å². The highest BCUT2D eigenvalue weighted by Crippen LogP contribution is 2.25. The SMILES string of the molecule is COc1ccc(C[NH+]2CCC[C@@H](O)C2)cc1Br. The molecule has 2 rings (SSSR count). The molecule has 0 bridgehead atoms. The molecule has 0 amide bonds. The van der Waals surface area contributed by atoms with Gasteiger partial charge in [0.1, 0.15) is 24.9 Å². The minimum atomic E-state index is -0.125. The fourth-order valence-corrected chi connectivity index (χ4v) is 2.98. The minimum absolute atomic E-state index is 0.125. The zero-order chi connectivity index (χ0) is 12.3. The predicted octanol–water partition coefficient (Wildman–Crippen LogP) is 0.997. The summed E-state index contributed by atoms with van der Waals surface area (Å²) in [6.07, 6.45) is 1.95. The number of rotatable bonds is 3. The summed E-state index contributed by atoms with van der Waals surface area (Å²) in [6.45, 7) is 2.99. The summed E-state index contributed by atoms with van der Waals surface area (Å²) < 4.78 is 6.21. The second kappa shape index (κ2) is 5.85. The van der Waals surface area contributed by atoms with Crippen molar-refractivity contribution in [1.29, 1.82) is 0 Å². The van der Waals surface area contributed by atoms with Crippen LogP contribution in [0.4, 0.5) is 0 Å².